The second-order valence-corrected chi connectivity index (χ2v) is 8.91. The average Bonchev–Trinajstić information content (AvgIpc) is 3.07. The van der Waals surface area contributed by atoms with Gasteiger partial charge in [-0.2, -0.15) is 0 Å². The van der Waals surface area contributed by atoms with Gasteiger partial charge in [0.25, 0.3) is 0 Å². The van der Waals surface area contributed by atoms with E-state index in [0.717, 1.165) is 23.3 Å². The van der Waals surface area contributed by atoms with E-state index >= 15 is 0 Å². The van der Waals surface area contributed by atoms with Crippen molar-refractivity contribution in [1.82, 2.24) is 10.6 Å². The predicted molar refractivity (Wildman–Crippen MR) is 116 cm³/mol. The summed E-state index contributed by atoms with van der Waals surface area (Å²) in [5.41, 5.74) is 3.07. The standard InChI is InChI=1S/C23H25N3OS/c1-24-23(25-12-18-17-10-14-6-2-4-8-16(14)22(17)18)26-13-19(27)21-11-15-7-3-5-9-20(15)28-21/h2-9,11,17-19,22,27H,10,12-13H2,1H3,(H2,24,25,26). The fourth-order valence-electron chi connectivity index (χ4n) is 4.66. The van der Waals surface area contributed by atoms with E-state index in [1.807, 2.05) is 12.1 Å². The van der Waals surface area contributed by atoms with E-state index in [-0.39, 0.29) is 0 Å². The minimum atomic E-state index is -0.539. The number of aliphatic hydroxyl groups excluding tert-OH is 1. The second-order valence-electron chi connectivity index (χ2n) is 7.79. The summed E-state index contributed by atoms with van der Waals surface area (Å²) in [6, 6.07) is 19.2. The highest BCUT2D eigenvalue weighted by molar-refractivity contribution is 7.19. The SMILES string of the molecule is CN=C(NCC(O)c1cc2ccccc2s1)NCC1C2Cc3ccccc3C12. The Morgan fingerprint density at radius 2 is 2.00 bits per heavy atom. The Morgan fingerprint density at radius 3 is 2.86 bits per heavy atom. The van der Waals surface area contributed by atoms with Gasteiger partial charge in [0.15, 0.2) is 5.96 Å². The second kappa shape index (κ2) is 7.22. The molecule has 144 valence electrons. The first-order valence-corrected chi connectivity index (χ1v) is 10.7. The quantitative estimate of drug-likeness (QED) is 0.459. The molecule has 0 radical (unpaired) electrons. The maximum atomic E-state index is 10.6. The molecule has 0 saturated heterocycles. The smallest absolute Gasteiger partial charge is 0.191 e. The van der Waals surface area contributed by atoms with E-state index in [1.165, 1.54) is 22.1 Å². The molecule has 0 amide bonds. The summed E-state index contributed by atoms with van der Waals surface area (Å²) in [5.74, 6) is 2.96. The Hall–Kier alpha value is -2.37. The number of aliphatic imine (C=N–C) groups is 1. The van der Waals surface area contributed by atoms with Crippen LogP contribution in [0.5, 0.6) is 0 Å². The van der Waals surface area contributed by atoms with Gasteiger partial charge < -0.3 is 15.7 Å². The molecule has 3 N–H and O–H groups in total. The summed E-state index contributed by atoms with van der Waals surface area (Å²) in [6.45, 7) is 1.38. The molecule has 0 bridgehead atoms. The molecule has 4 unspecified atom stereocenters. The zero-order valence-corrected chi connectivity index (χ0v) is 16.7. The van der Waals surface area contributed by atoms with E-state index in [2.05, 4.69) is 58.1 Å². The van der Waals surface area contributed by atoms with E-state index in [9.17, 15) is 5.11 Å². The van der Waals surface area contributed by atoms with Gasteiger partial charge >= 0.3 is 0 Å². The lowest BCUT2D eigenvalue weighted by Gasteiger charge is -2.15. The summed E-state index contributed by atoms with van der Waals surface area (Å²) in [4.78, 5) is 5.30. The average molecular weight is 392 g/mol. The monoisotopic (exact) mass is 391 g/mol. The minimum absolute atomic E-state index is 0.451. The summed E-state index contributed by atoms with van der Waals surface area (Å²) < 4.78 is 1.21. The lowest BCUT2D eigenvalue weighted by atomic mass is 10.0. The maximum absolute atomic E-state index is 10.6. The van der Waals surface area contributed by atoms with Crippen LogP contribution in [0.1, 0.15) is 28.0 Å². The molecule has 5 rings (SSSR count). The predicted octanol–water partition coefficient (Wildman–Crippen LogP) is 3.69. The van der Waals surface area contributed by atoms with Gasteiger partial charge in [-0.1, -0.05) is 42.5 Å². The fraction of sp³-hybridized carbons (Fsp3) is 0.348. The Morgan fingerprint density at radius 1 is 1.18 bits per heavy atom. The fourth-order valence-corrected chi connectivity index (χ4v) is 5.71. The van der Waals surface area contributed by atoms with Crippen molar-refractivity contribution < 1.29 is 5.11 Å². The third kappa shape index (κ3) is 3.19. The number of rotatable bonds is 5. The molecule has 5 heteroatoms. The number of hydrogen-bond donors (Lipinski definition) is 3. The van der Waals surface area contributed by atoms with Crippen molar-refractivity contribution in [2.45, 2.75) is 18.4 Å². The number of guanidine groups is 1. The van der Waals surface area contributed by atoms with Crippen molar-refractivity contribution in [2.24, 2.45) is 16.8 Å². The first-order chi connectivity index (χ1) is 13.7. The van der Waals surface area contributed by atoms with Gasteiger partial charge in [0.2, 0.25) is 0 Å². The van der Waals surface area contributed by atoms with Crippen LogP contribution in [-0.2, 0) is 6.42 Å². The summed E-state index contributed by atoms with van der Waals surface area (Å²) >= 11 is 1.65. The number of aliphatic hydroxyl groups is 1. The van der Waals surface area contributed by atoms with Crippen molar-refractivity contribution >= 4 is 27.4 Å². The molecule has 4 nitrogen and oxygen atoms in total. The molecule has 1 fully saturated rings. The van der Waals surface area contributed by atoms with E-state index < -0.39 is 6.10 Å². The largest absolute Gasteiger partial charge is 0.386 e. The van der Waals surface area contributed by atoms with Gasteiger partial charge in [0.05, 0.1) is 0 Å². The molecule has 4 atom stereocenters. The normalized spacial score (nSPS) is 23.9. The number of nitrogens with zero attached hydrogens (tertiary/aromatic N) is 1. The van der Waals surface area contributed by atoms with Gasteiger partial charge in [-0.15, -0.1) is 11.3 Å². The van der Waals surface area contributed by atoms with Crippen LogP contribution in [-0.4, -0.2) is 31.2 Å². The highest BCUT2D eigenvalue weighted by atomic mass is 32.1. The van der Waals surface area contributed by atoms with Crippen molar-refractivity contribution in [3.8, 4) is 0 Å². The third-order valence-electron chi connectivity index (χ3n) is 6.17. The van der Waals surface area contributed by atoms with Crippen LogP contribution in [0.15, 0.2) is 59.6 Å². The number of nitrogens with one attached hydrogen (secondary N) is 2. The number of fused-ring (bicyclic) bond motifs is 4. The van der Waals surface area contributed by atoms with Gasteiger partial charge in [-0.05, 0) is 52.8 Å². The van der Waals surface area contributed by atoms with Crippen LogP contribution in [0, 0.1) is 11.8 Å². The van der Waals surface area contributed by atoms with Crippen molar-refractivity contribution in [2.75, 3.05) is 20.1 Å². The van der Waals surface area contributed by atoms with Crippen molar-refractivity contribution in [1.29, 1.82) is 0 Å². The topological polar surface area (TPSA) is 56.7 Å². The molecule has 2 aliphatic carbocycles. The summed E-state index contributed by atoms with van der Waals surface area (Å²) in [7, 11) is 1.78. The first-order valence-electron chi connectivity index (χ1n) is 9.93. The molecule has 3 aromatic rings. The highest BCUT2D eigenvalue weighted by Gasteiger charge is 2.54. The van der Waals surface area contributed by atoms with Gasteiger partial charge in [0, 0.05) is 29.7 Å². The molecule has 1 saturated carbocycles. The zero-order chi connectivity index (χ0) is 19.1. The first kappa shape index (κ1) is 17.7. The van der Waals surface area contributed by atoms with E-state index in [0.29, 0.717) is 18.4 Å². The van der Waals surface area contributed by atoms with Crippen LogP contribution in [0.4, 0.5) is 0 Å². The van der Waals surface area contributed by atoms with Gasteiger partial charge in [0.1, 0.15) is 6.10 Å². The maximum Gasteiger partial charge on any atom is 0.191 e. The molecule has 2 aliphatic rings. The van der Waals surface area contributed by atoms with E-state index in [1.54, 1.807) is 23.9 Å². The van der Waals surface area contributed by atoms with Gasteiger partial charge in [-0.3, -0.25) is 4.99 Å². The molecule has 0 spiro atoms. The number of benzene rings is 2. The zero-order valence-electron chi connectivity index (χ0n) is 15.9. The lowest BCUT2D eigenvalue weighted by molar-refractivity contribution is 0.184. The van der Waals surface area contributed by atoms with Gasteiger partial charge in [-0.25, -0.2) is 0 Å². The number of thiophene rings is 1. The van der Waals surface area contributed by atoms with Crippen LogP contribution in [0.2, 0.25) is 0 Å². The molecule has 0 aliphatic heterocycles. The molecule has 2 aromatic carbocycles. The molecule has 1 aromatic heterocycles. The Labute approximate surface area is 169 Å². The lowest BCUT2D eigenvalue weighted by Crippen LogP contribution is -2.40. The minimum Gasteiger partial charge on any atom is -0.386 e. The molecular weight excluding hydrogens is 366 g/mol. The van der Waals surface area contributed by atoms with Crippen LogP contribution < -0.4 is 10.6 Å². The highest BCUT2D eigenvalue weighted by Crippen LogP contribution is 2.60. The molecular formula is C23H25N3OS. The van der Waals surface area contributed by atoms with Crippen molar-refractivity contribution in [3.63, 3.8) is 0 Å². The molecule has 28 heavy (non-hydrogen) atoms. The summed E-state index contributed by atoms with van der Waals surface area (Å²) in [5, 5.41) is 18.5. The summed E-state index contributed by atoms with van der Waals surface area (Å²) in [6.07, 6.45) is 0.673. The Kier molecular flexibility index (Phi) is 4.57. The number of hydrogen-bond acceptors (Lipinski definition) is 3. The van der Waals surface area contributed by atoms with E-state index in [4.69, 9.17) is 0 Å². The Bertz CT molecular complexity index is 994. The molecule has 1 heterocycles. The Balaban J connectivity index is 1.14. The van der Waals surface area contributed by atoms with Crippen LogP contribution in [0.3, 0.4) is 0 Å². The third-order valence-corrected chi connectivity index (χ3v) is 7.38. The van der Waals surface area contributed by atoms with Crippen molar-refractivity contribution in [3.05, 3.63) is 70.6 Å². The van der Waals surface area contributed by atoms with Crippen LogP contribution in [0.25, 0.3) is 10.1 Å². The van der Waals surface area contributed by atoms with Crippen LogP contribution >= 0.6 is 11.3 Å².